The molecule has 1 aliphatic heterocycles. The molecule has 1 rings (SSSR count). The average Bonchev–Trinajstić information content (AvgIpc) is 2.02. The van der Waals surface area contributed by atoms with Crippen LogP contribution >= 0.6 is 0 Å². The summed E-state index contributed by atoms with van der Waals surface area (Å²) in [5, 5.41) is 10.0. The van der Waals surface area contributed by atoms with Crippen molar-refractivity contribution in [3.05, 3.63) is 0 Å². The van der Waals surface area contributed by atoms with E-state index in [1.54, 1.807) is 0 Å². The summed E-state index contributed by atoms with van der Waals surface area (Å²) in [4.78, 5) is 10.0. The molecule has 0 aromatic carbocycles. The molecule has 14 heavy (non-hydrogen) atoms. The number of hydrogen-bond acceptors (Lipinski definition) is 4. The van der Waals surface area contributed by atoms with E-state index in [0.717, 1.165) is 0 Å². The van der Waals surface area contributed by atoms with Crippen molar-refractivity contribution < 1.29 is 32.5 Å². The molecule has 0 atom stereocenters. The van der Waals surface area contributed by atoms with E-state index in [2.05, 4.69) is 4.74 Å². The molecule has 0 radical (unpaired) electrons. The maximum absolute atomic E-state index is 12.5. The maximum atomic E-state index is 12.5. The van der Waals surface area contributed by atoms with Crippen LogP contribution in [0.25, 0.3) is 0 Å². The first kappa shape index (κ1) is 11.1. The molecular weight excluding hydrogens is 205 g/mol. The highest BCUT2D eigenvalue weighted by atomic mass is 19.4. The summed E-state index contributed by atoms with van der Waals surface area (Å²) in [7, 11) is 0. The van der Waals surface area contributed by atoms with Crippen LogP contribution in [0.3, 0.4) is 0 Å². The van der Waals surface area contributed by atoms with Gasteiger partial charge in [-0.05, 0) is 0 Å². The Morgan fingerprint density at radius 1 is 1.36 bits per heavy atom. The first-order valence-corrected chi connectivity index (χ1v) is 3.92. The van der Waals surface area contributed by atoms with Gasteiger partial charge in [0.1, 0.15) is 0 Å². The fraction of sp³-hybridized carbons (Fsp3) is 0.857. The van der Waals surface area contributed by atoms with Crippen LogP contribution in [0.1, 0.15) is 12.8 Å². The number of alkyl halides is 3. The van der Waals surface area contributed by atoms with Gasteiger partial charge in [0, 0.05) is 26.1 Å². The van der Waals surface area contributed by atoms with Crippen molar-refractivity contribution in [3.63, 3.8) is 0 Å². The summed E-state index contributed by atoms with van der Waals surface area (Å²) in [6.07, 6.45) is -7.93. The highest BCUT2D eigenvalue weighted by molar-refractivity contribution is 5.55. The van der Waals surface area contributed by atoms with Crippen molar-refractivity contribution in [2.75, 3.05) is 13.2 Å². The molecule has 1 saturated heterocycles. The molecule has 0 unspecified atom stereocenters. The molecule has 0 aliphatic carbocycles. The monoisotopic (exact) mass is 213 g/mol. The Labute approximate surface area is 77.6 Å². The van der Waals surface area contributed by atoms with Crippen LogP contribution in [0.15, 0.2) is 0 Å². The highest BCUT2D eigenvalue weighted by Crippen LogP contribution is 2.40. The van der Waals surface area contributed by atoms with Crippen LogP contribution in [0, 0.1) is 0 Å². The number of ether oxygens (including phenoxy) is 2. The molecule has 4 nitrogen and oxygen atoms in total. The minimum absolute atomic E-state index is 0.174. The average molecular weight is 213 g/mol. The van der Waals surface area contributed by atoms with E-state index in [4.69, 9.17) is 4.74 Å². The van der Waals surface area contributed by atoms with Gasteiger partial charge < -0.3 is 19.4 Å². The summed E-state index contributed by atoms with van der Waals surface area (Å²) >= 11 is 0. The number of carbonyl (C=O) groups is 1. The Balaban J connectivity index is 2.83. The van der Waals surface area contributed by atoms with E-state index in [-0.39, 0.29) is 13.2 Å². The summed E-state index contributed by atoms with van der Waals surface area (Å²) in [5.74, 6) is 0. The highest BCUT2D eigenvalue weighted by Gasteiger charge is 2.54. The van der Waals surface area contributed by atoms with Gasteiger partial charge in [-0.25, -0.2) is 0 Å². The zero-order chi connectivity index (χ0) is 10.8. The Kier molecular flexibility index (Phi) is 2.89. The van der Waals surface area contributed by atoms with Crippen molar-refractivity contribution in [1.29, 1.82) is 0 Å². The van der Waals surface area contributed by atoms with Gasteiger partial charge in [0.25, 0.3) is 6.16 Å². The third kappa shape index (κ3) is 2.09. The fourth-order valence-corrected chi connectivity index (χ4v) is 1.30. The topological polar surface area (TPSA) is 58.6 Å². The van der Waals surface area contributed by atoms with Gasteiger partial charge in [-0.1, -0.05) is 0 Å². The molecule has 1 fully saturated rings. The number of carboxylic acid groups (broad SMARTS) is 1. The second kappa shape index (κ2) is 3.64. The van der Waals surface area contributed by atoms with Crippen molar-refractivity contribution in [3.8, 4) is 0 Å². The minimum atomic E-state index is -4.73. The van der Waals surface area contributed by atoms with E-state index in [0.29, 0.717) is 0 Å². The molecule has 1 heterocycles. The van der Waals surface area contributed by atoms with Gasteiger partial charge in [0.05, 0.1) is 0 Å². The molecule has 0 saturated carbocycles. The molecule has 0 aromatic heterocycles. The summed E-state index contributed by atoms with van der Waals surface area (Å²) in [6.45, 7) is -0.348. The quantitative estimate of drug-likeness (QED) is 0.593. The van der Waals surface area contributed by atoms with E-state index in [1.165, 1.54) is 0 Å². The van der Waals surface area contributed by atoms with Crippen molar-refractivity contribution in [2.24, 2.45) is 0 Å². The number of hydrogen-bond donors (Lipinski definition) is 0. The van der Waals surface area contributed by atoms with E-state index in [9.17, 15) is 23.1 Å². The van der Waals surface area contributed by atoms with Crippen LogP contribution < -0.4 is 5.11 Å². The number of halogens is 3. The van der Waals surface area contributed by atoms with Gasteiger partial charge in [0.2, 0.25) is 0 Å². The summed E-state index contributed by atoms with van der Waals surface area (Å²) in [5.41, 5.74) is -2.65. The van der Waals surface area contributed by atoms with Gasteiger partial charge in [-0.15, -0.1) is 0 Å². The molecule has 82 valence electrons. The van der Waals surface area contributed by atoms with Gasteiger partial charge in [0.15, 0.2) is 5.60 Å². The molecule has 1 aliphatic rings. The van der Waals surface area contributed by atoms with Crippen LogP contribution in [-0.4, -0.2) is 31.1 Å². The molecule has 0 amide bonds. The predicted octanol–water partition coefficient (Wildman–Crippen LogP) is 0.458. The van der Waals surface area contributed by atoms with Crippen molar-refractivity contribution in [2.45, 2.75) is 24.6 Å². The van der Waals surface area contributed by atoms with Crippen molar-refractivity contribution >= 4 is 6.16 Å². The Morgan fingerprint density at radius 2 is 1.86 bits per heavy atom. The van der Waals surface area contributed by atoms with E-state index in [1.807, 2.05) is 0 Å². The van der Waals surface area contributed by atoms with Crippen LogP contribution in [0.5, 0.6) is 0 Å². The third-order valence-electron chi connectivity index (χ3n) is 2.10. The minimum Gasteiger partial charge on any atom is -0.533 e. The molecule has 0 spiro atoms. The van der Waals surface area contributed by atoms with Gasteiger partial charge in [-0.2, -0.15) is 13.2 Å². The molecule has 0 aromatic rings. The zero-order valence-corrected chi connectivity index (χ0v) is 7.10. The second-order valence-corrected chi connectivity index (χ2v) is 2.96. The molecular formula is C7H8F3O4-. The molecule has 7 heteroatoms. The lowest BCUT2D eigenvalue weighted by atomic mass is 9.93. The lowest BCUT2D eigenvalue weighted by Crippen LogP contribution is -2.54. The zero-order valence-electron chi connectivity index (χ0n) is 7.10. The maximum Gasteiger partial charge on any atom is 0.411 e. The van der Waals surface area contributed by atoms with Crippen LogP contribution in [0.4, 0.5) is 18.0 Å². The Morgan fingerprint density at radius 3 is 2.21 bits per heavy atom. The molecule has 0 bridgehead atoms. The first-order chi connectivity index (χ1) is 6.37. The van der Waals surface area contributed by atoms with Gasteiger partial charge >= 0.3 is 6.18 Å². The standard InChI is InChI=1S/C7H9F3O4/c8-7(9,10)6(14-5(11)12)1-3-13-4-2-6/h1-4H2,(H,11,12)/p-1. The number of rotatable bonds is 1. The van der Waals surface area contributed by atoms with E-state index >= 15 is 0 Å². The van der Waals surface area contributed by atoms with Gasteiger partial charge in [-0.3, -0.25) is 0 Å². The lowest BCUT2D eigenvalue weighted by Gasteiger charge is -2.41. The predicted molar refractivity (Wildman–Crippen MR) is 35.3 cm³/mol. The van der Waals surface area contributed by atoms with Crippen molar-refractivity contribution in [1.82, 2.24) is 0 Å². The van der Waals surface area contributed by atoms with Crippen LogP contribution in [0.2, 0.25) is 0 Å². The first-order valence-electron chi connectivity index (χ1n) is 3.92. The summed E-state index contributed by atoms with van der Waals surface area (Å²) < 4.78 is 46.0. The van der Waals surface area contributed by atoms with Crippen LogP contribution in [-0.2, 0) is 9.47 Å². The fourth-order valence-electron chi connectivity index (χ4n) is 1.30. The largest absolute Gasteiger partial charge is 0.533 e. The van der Waals surface area contributed by atoms with E-state index < -0.39 is 30.8 Å². The molecule has 0 N–H and O–H groups in total. The number of carbonyl (C=O) groups excluding carboxylic acids is 1. The third-order valence-corrected chi connectivity index (χ3v) is 2.10. The Hall–Kier alpha value is -0.980. The Bertz CT molecular complexity index is 219. The SMILES string of the molecule is O=C([O-])OC1(C(F)(F)F)CCOCC1. The summed E-state index contributed by atoms with van der Waals surface area (Å²) in [6, 6.07) is 0. The smallest absolute Gasteiger partial charge is 0.411 e. The lowest BCUT2D eigenvalue weighted by molar-refractivity contribution is -0.339. The second-order valence-electron chi connectivity index (χ2n) is 2.96. The normalized spacial score (nSPS) is 21.6.